The third-order valence-corrected chi connectivity index (χ3v) is 5.69. The maximum Gasteiger partial charge on any atom is 0.236 e. The van der Waals surface area contributed by atoms with Crippen LogP contribution < -0.4 is 5.73 Å². The molecule has 2 N–H and O–H groups in total. The Bertz CT molecular complexity index is 392. The standard InChI is InChI=1S/C23H44N2O/c1-3-5-7-9-10-12-14-17-21(16-13-11-8-6-4-2)22-18-15-19-25(22)20-23(24)26/h18,21H,3-17,19-20H2,1-2H3,(H2,24,26). The number of carbonyl (C=O) groups is 1. The van der Waals surface area contributed by atoms with Gasteiger partial charge in [0.2, 0.25) is 5.91 Å². The fourth-order valence-electron chi connectivity index (χ4n) is 4.19. The van der Waals surface area contributed by atoms with Gasteiger partial charge in [-0.3, -0.25) is 4.79 Å². The molecule has 0 aromatic heterocycles. The fourth-order valence-corrected chi connectivity index (χ4v) is 4.19. The van der Waals surface area contributed by atoms with Crippen molar-refractivity contribution in [3.63, 3.8) is 0 Å². The molecule has 3 heteroatoms. The number of nitrogens with two attached hydrogens (primary N) is 1. The van der Waals surface area contributed by atoms with Crippen molar-refractivity contribution in [3.8, 4) is 0 Å². The summed E-state index contributed by atoms with van der Waals surface area (Å²) in [5, 5.41) is 0. The van der Waals surface area contributed by atoms with Crippen molar-refractivity contribution in [2.45, 2.75) is 110 Å². The van der Waals surface area contributed by atoms with Crippen LogP contribution in [0.25, 0.3) is 0 Å². The highest BCUT2D eigenvalue weighted by atomic mass is 16.1. The van der Waals surface area contributed by atoms with Crippen molar-refractivity contribution in [3.05, 3.63) is 11.8 Å². The molecule has 26 heavy (non-hydrogen) atoms. The molecule has 1 aliphatic rings. The molecule has 0 bridgehead atoms. The first-order valence-corrected chi connectivity index (χ1v) is 11.4. The molecule has 1 aliphatic heterocycles. The molecule has 0 saturated carbocycles. The van der Waals surface area contributed by atoms with Gasteiger partial charge in [0.05, 0.1) is 6.54 Å². The third-order valence-electron chi connectivity index (χ3n) is 5.69. The lowest BCUT2D eigenvalue weighted by Gasteiger charge is -2.28. The van der Waals surface area contributed by atoms with E-state index < -0.39 is 0 Å². The minimum atomic E-state index is -0.199. The second kappa shape index (κ2) is 15.1. The van der Waals surface area contributed by atoms with E-state index in [1.807, 2.05) is 0 Å². The van der Waals surface area contributed by atoms with E-state index in [4.69, 9.17) is 5.73 Å². The topological polar surface area (TPSA) is 46.3 Å². The Balaban J connectivity index is 2.41. The lowest BCUT2D eigenvalue weighted by atomic mass is 9.91. The number of hydrogen-bond acceptors (Lipinski definition) is 2. The molecule has 152 valence electrons. The number of allylic oxidation sites excluding steroid dienone is 1. The maximum atomic E-state index is 11.4. The lowest BCUT2D eigenvalue weighted by Crippen LogP contribution is -2.33. The van der Waals surface area contributed by atoms with E-state index in [2.05, 4.69) is 24.8 Å². The van der Waals surface area contributed by atoms with Crippen LogP contribution in [-0.4, -0.2) is 23.9 Å². The van der Waals surface area contributed by atoms with Crippen molar-refractivity contribution in [2.24, 2.45) is 11.7 Å². The molecule has 0 aliphatic carbocycles. The Hall–Kier alpha value is -0.990. The van der Waals surface area contributed by atoms with Gasteiger partial charge in [-0.1, -0.05) is 97.0 Å². The molecule has 1 unspecified atom stereocenters. The summed E-state index contributed by atoms with van der Waals surface area (Å²) in [6.07, 6.45) is 22.3. The molecule has 0 fully saturated rings. The third kappa shape index (κ3) is 10.2. The van der Waals surface area contributed by atoms with Gasteiger partial charge in [0.25, 0.3) is 0 Å². The molecular weight excluding hydrogens is 320 g/mol. The molecule has 0 aromatic rings. The molecule has 1 heterocycles. The Kier molecular flexibility index (Phi) is 13.4. The van der Waals surface area contributed by atoms with Gasteiger partial charge in [0.1, 0.15) is 0 Å². The van der Waals surface area contributed by atoms with Crippen molar-refractivity contribution in [1.82, 2.24) is 4.90 Å². The normalized spacial score (nSPS) is 15.3. The van der Waals surface area contributed by atoms with E-state index in [1.54, 1.807) is 0 Å². The monoisotopic (exact) mass is 364 g/mol. The molecule has 0 aromatic carbocycles. The van der Waals surface area contributed by atoms with E-state index in [1.165, 1.54) is 95.6 Å². The first-order chi connectivity index (χ1) is 12.7. The van der Waals surface area contributed by atoms with Gasteiger partial charge < -0.3 is 10.6 Å². The summed E-state index contributed by atoms with van der Waals surface area (Å²) in [7, 11) is 0. The van der Waals surface area contributed by atoms with Gasteiger partial charge in [-0.05, 0) is 25.2 Å². The lowest BCUT2D eigenvalue weighted by molar-refractivity contribution is -0.118. The van der Waals surface area contributed by atoms with Crippen LogP contribution in [0.5, 0.6) is 0 Å². The predicted molar refractivity (Wildman–Crippen MR) is 113 cm³/mol. The van der Waals surface area contributed by atoms with Crippen LogP contribution in [-0.2, 0) is 4.79 Å². The summed E-state index contributed by atoms with van der Waals surface area (Å²) in [6, 6.07) is 0. The number of rotatable bonds is 17. The molecule has 0 radical (unpaired) electrons. The van der Waals surface area contributed by atoms with Crippen LogP contribution in [0.15, 0.2) is 11.8 Å². The quantitative estimate of drug-likeness (QED) is 0.313. The van der Waals surface area contributed by atoms with Crippen molar-refractivity contribution in [2.75, 3.05) is 13.1 Å². The molecular formula is C23H44N2O. The average molecular weight is 365 g/mol. The zero-order valence-corrected chi connectivity index (χ0v) is 17.6. The van der Waals surface area contributed by atoms with Crippen molar-refractivity contribution >= 4 is 5.91 Å². The number of nitrogens with zero attached hydrogens (tertiary/aromatic N) is 1. The first-order valence-electron chi connectivity index (χ1n) is 11.4. The SMILES string of the molecule is CCCCCCCCCC(CCCCCCC)C1=CCCN1CC(N)=O. The van der Waals surface area contributed by atoms with Gasteiger partial charge in [-0.2, -0.15) is 0 Å². The molecule has 3 nitrogen and oxygen atoms in total. The second-order valence-electron chi connectivity index (χ2n) is 8.12. The number of amides is 1. The molecule has 1 rings (SSSR count). The maximum absolute atomic E-state index is 11.4. The summed E-state index contributed by atoms with van der Waals surface area (Å²) in [5.41, 5.74) is 6.88. The highest BCUT2D eigenvalue weighted by molar-refractivity contribution is 5.76. The van der Waals surface area contributed by atoms with Gasteiger partial charge in [-0.15, -0.1) is 0 Å². The van der Waals surface area contributed by atoms with E-state index in [0.717, 1.165) is 13.0 Å². The van der Waals surface area contributed by atoms with Crippen LogP contribution in [0.4, 0.5) is 0 Å². The van der Waals surface area contributed by atoms with Crippen LogP contribution in [0.2, 0.25) is 0 Å². The van der Waals surface area contributed by atoms with Crippen molar-refractivity contribution in [1.29, 1.82) is 0 Å². The van der Waals surface area contributed by atoms with Crippen LogP contribution in [0.3, 0.4) is 0 Å². The fraction of sp³-hybridized carbons (Fsp3) is 0.870. The minimum Gasteiger partial charge on any atom is -0.368 e. The average Bonchev–Trinajstić information content (AvgIpc) is 3.06. The summed E-state index contributed by atoms with van der Waals surface area (Å²) in [5.74, 6) is 0.435. The van der Waals surface area contributed by atoms with E-state index in [-0.39, 0.29) is 5.91 Å². The summed E-state index contributed by atoms with van der Waals surface area (Å²) in [6.45, 7) is 5.92. The largest absolute Gasteiger partial charge is 0.368 e. The van der Waals surface area contributed by atoms with Crippen LogP contribution >= 0.6 is 0 Å². The van der Waals surface area contributed by atoms with Crippen LogP contribution in [0.1, 0.15) is 110 Å². The molecule has 0 spiro atoms. The second-order valence-corrected chi connectivity index (χ2v) is 8.12. The highest BCUT2D eigenvalue weighted by Crippen LogP contribution is 2.31. The summed E-state index contributed by atoms with van der Waals surface area (Å²) >= 11 is 0. The summed E-state index contributed by atoms with van der Waals surface area (Å²) in [4.78, 5) is 13.6. The number of carbonyl (C=O) groups excluding carboxylic acids is 1. The van der Waals surface area contributed by atoms with Gasteiger partial charge >= 0.3 is 0 Å². The van der Waals surface area contributed by atoms with Gasteiger partial charge in [-0.25, -0.2) is 0 Å². The van der Waals surface area contributed by atoms with E-state index >= 15 is 0 Å². The molecule has 0 saturated heterocycles. The number of unbranched alkanes of at least 4 members (excludes halogenated alkanes) is 10. The zero-order valence-electron chi connectivity index (χ0n) is 17.6. The number of hydrogen-bond donors (Lipinski definition) is 1. The Morgan fingerprint density at radius 2 is 1.42 bits per heavy atom. The van der Waals surface area contributed by atoms with Gasteiger partial charge in [0, 0.05) is 12.2 Å². The minimum absolute atomic E-state index is 0.199. The Morgan fingerprint density at radius 3 is 1.92 bits per heavy atom. The van der Waals surface area contributed by atoms with Crippen molar-refractivity contribution < 1.29 is 4.79 Å². The zero-order chi connectivity index (χ0) is 19.0. The van der Waals surface area contributed by atoms with E-state index in [9.17, 15) is 4.79 Å². The first kappa shape index (κ1) is 23.0. The summed E-state index contributed by atoms with van der Waals surface area (Å²) < 4.78 is 0. The van der Waals surface area contributed by atoms with E-state index in [0.29, 0.717) is 12.5 Å². The highest BCUT2D eigenvalue weighted by Gasteiger charge is 2.24. The van der Waals surface area contributed by atoms with Gasteiger partial charge in [0.15, 0.2) is 0 Å². The number of primary amides is 1. The Morgan fingerprint density at radius 1 is 0.923 bits per heavy atom. The Labute approximate surface area is 162 Å². The smallest absolute Gasteiger partial charge is 0.236 e. The molecule has 1 amide bonds. The van der Waals surface area contributed by atoms with Crippen LogP contribution in [0, 0.1) is 5.92 Å². The molecule has 1 atom stereocenters. The predicted octanol–water partition coefficient (Wildman–Crippen LogP) is 6.18.